The van der Waals surface area contributed by atoms with Crippen LogP contribution < -0.4 is 14.8 Å². The Bertz CT molecular complexity index is 874. The van der Waals surface area contributed by atoms with Crippen molar-refractivity contribution in [1.82, 2.24) is 5.32 Å². The molecule has 0 spiro atoms. The zero-order valence-electron chi connectivity index (χ0n) is 14.3. The predicted molar refractivity (Wildman–Crippen MR) is 98.5 cm³/mol. The number of ether oxygens (including phenoxy) is 2. The second-order valence-electron chi connectivity index (χ2n) is 5.71. The molecule has 0 unspecified atom stereocenters. The molecule has 4 nitrogen and oxygen atoms in total. The molecule has 0 atom stereocenters. The van der Waals surface area contributed by atoms with Gasteiger partial charge in [-0.1, -0.05) is 24.3 Å². The minimum atomic E-state index is 0.181. The van der Waals surface area contributed by atoms with Crippen LogP contribution in [0.2, 0.25) is 0 Å². The van der Waals surface area contributed by atoms with Crippen molar-refractivity contribution in [3.8, 4) is 17.2 Å². The first-order chi connectivity index (χ1) is 11.7. The molecule has 0 fully saturated rings. The summed E-state index contributed by atoms with van der Waals surface area (Å²) in [6.07, 6.45) is 0.870. The molecule has 0 saturated carbocycles. The molecule has 0 aliphatic carbocycles. The van der Waals surface area contributed by atoms with Crippen molar-refractivity contribution < 1.29 is 14.6 Å². The third-order valence-corrected chi connectivity index (χ3v) is 4.31. The Kier molecular flexibility index (Phi) is 4.76. The van der Waals surface area contributed by atoms with Gasteiger partial charge in [-0.2, -0.15) is 0 Å². The van der Waals surface area contributed by atoms with Crippen LogP contribution >= 0.6 is 0 Å². The lowest BCUT2D eigenvalue weighted by Crippen LogP contribution is -2.10. The SMILES string of the molecule is CCOc1ccc(CCNC)c2c1ccc1ccc(OC)c(O)c12. The van der Waals surface area contributed by atoms with Gasteiger partial charge in [0.05, 0.1) is 13.7 Å². The van der Waals surface area contributed by atoms with Gasteiger partial charge >= 0.3 is 0 Å². The second kappa shape index (κ2) is 6.97. The number of phenolic OH excluding ortho intramolecular Hbond substituents is 1. The highest BCUT2D eigenvalue weighted by molar-refractivity contribution is 6.14. The molecule has 3 aromatic rings. The number of hydrogen-bond donors (Lipinski definition) is 2. The van der Waals surface area contributed by atoms with E-state index < -0.39 is 0 Å². The first-order valence-electron chi connectivity index (χ1n) is 8.23. The fraction of sp³-hybridized carbons (Fsp3) is 0.300. The largest absolute Gasteiger partial charge is 0.504 e. The standard InChI is InChI=1S/C20H23NO3/c1-4-24-16-9-6-14(11-12-21-2)18-15(16)8-5-13-7-10-17(23-3)20(22)19(13)18/h5-10,21-22H,4,11-12H2,1-3H3. The number of phenols is 1. The smallest absolute Gasteiger partial charge is 0.166 e. The third-order valence-electron chi connectivity index (χ3n) is 4.31. The van der Waals surface area contributed by atoms with Crippen LogP contribution in [0.4, 0.5) is 0 Å². The fourth-order valence-electron chi connectivity index (χ4n) is 3.18. The maximum Gasteiger partial charge on any atom is 0.166 e. The topological polar surface area (TPSA) is 50.7 Å². The number of likely N-dealkylation sites (N-methyl/N-ethyl adjacent to an activating group) is 1. The first-order valence-corrected chi connectivity index (χ1v) is 8.23. The summed E-state index contributed by atoms with van der Waals surface area (Å²) in [5, 5.41) is 17.8. The van der Waals surface area contributed by atoms with E-state index in [1.165, 1.54) is 5.56 Å². The molecule has 0 radical (unpaired) electrons. The van der Waals surface area contributed by atoms with Gasteiger partial charge in [0.2, 0.25) is 0 Å². The molecule has 0 saturated heterocycles. The van der Waals surface area contributed by atoms with Crippen molar-refractivity contribution in [3.63, 3.8) is 0 Å². The van der Waals surface area contributed by atoms with E-state index in [-0.39, 0.29) is 5.75 Å². The van der Waals surface area contributed by atoms with E-state index in [9.17, 15) is 5.11 Å². The molecule has 0 heterocycles. The highest BCUT2D eigenvalue weighted by Crippen LogP contribution is 2.42. The molecule has 3 rings (SSSR count). The monoisotopic (exact) mass is 325 g/mol. The zero-order valence-corrected chi connectivity index (χ0v) is 14.3. The molecule has 0 aliphatic heterocycles. The minimum absolute atomic E-state index is 0.181. The number of rotatable bonds is 6. The van der Waals surface area contributed by atoms with Crippen LogP contribution in [0.1, 0.15) is 12.5 Å². The first kappa shape index (κ1) is 16.4. The van der Waals surface area contributed by atoms with E-state index in [0.29, 0.717) is 12.4 Å². The van der Waals surface area contributed by atoms with Crippen molar-refractivity contribution in [2.75, 3.05) is 27.3 Å². The van der Waals surface area contributed by atoms with Crippen LogP contribution in [0.25, 0.3) is 21.5 Å². The fourth-order valence-corrected chi connectivity index (χ4v) is 3.18. The summed E-state index contributed by atoms with van der Waals surface area (Å²) in [4.78, 5) is 0. The van der Waals surface area contributed by atoms with Crippen LogP contribution in [0, 0.1) is 0 Å². The molecular weight excluding hydrogens is 302 g/mol. The summed E-state index contributed by atoms with van der Waals surface area (Å²) in [6.45, 7) is 3.44. The van der Waals surface area contributed by atoms with E-state index in [0.717, 1.165) is 40.3 Å². The Hall–Kier alpha value is -2.46. The number of fused-ring (bicyclic) bond motifs is 3. The highest BCUT2D eigenvalue weighted by atomic mass is 16.5. The van der Waals surface area contributed by atoms with E-state index in [1.807, 2.05) is 32.2 Å². The summed E-state index contributed by atoms with van der Waals surface area (Å²) in [7, 11) is 3.51. The maximum atomic E-state index is 10.7. The van der Waals surface area contributed by atoms with E-state index in [2.05, 4.69) is 17.4 Å². The molecule has 4 heteroatoms. The summed E-state index contributed by atoms with van der Waals surface area (Å²) in [5.41, 5.74) is 1.18. The quantitative estimate of drug-likeness (QED) is 0.676. The van der Waals surface area contributed by atoms with Gasteiger partial charge in [0.15, 0.2) is 11.5 Å². The average molecular weight is 325 g/mol. The Morgan fingerprint density at radius 1 is 1.00 bits per heavy atom. The van der Waals surface area contributed by atoms with E-state index >= 15 is 0 Å². The lowest BCUT2D eigenvalue weighted by atomic mass is 9.94. The molecule has 0 bridgehead atoms. The number of nitrogens with one attached hydrogen (secondary N) is 1. The van der Waals surface area contributed by atoms with Gasteiger partial charge < -0.3 is 19.9 Å². The van der Waals surface area contributed by atoms with Gasteiger partial charge in [-0.25, -0.2) is 0 Å². The number of aromatic hydroxyl groups is 1. The summed E-state index contributed by atoms with van der Waals surface area (Å²) in [5.74, 6) is 1.50. The average Bonchev–Trinajstić information content (AvgIpc) is 2.61. The van der Waals surface area contributed by atoms with Crippen molar-refractivity contribution in [3.05, 3.63) is 42.0 Å². The van der Waals surface area contributed by atoms with Crippen LogP contribution in [-0.4, -0.2) is 32.4 Å². The molecule has 0 aliphatic rings. The van der Waals surface area contributed by atoms with Crippen LogP contribution in [-0.2, 0) is 6.42 Å². The van der Waals surface area contributed by atoms with E-state index in [1.54, 1.807) is 13.2 Å². The molecule has 2 N–H and O–H groups in total. The third kappa shape index (κ3) is 2.74. The molecule has 24 heavy (non-hydrogen) atoms. The van der Waals surface area contributed by atoms with Gasteiger partial charge in [-0.3, -0.25) is 0 Å². The second-order valence-corrected chi connectivity index (χ2v) is 5.71. The van der Waals surface area contributed by atoms with Gasteiger partial charge in [0.25, 0.3) is 0 Å². The van der Waals surface area contributed by atoms with Crippen LogP contribution in [0.3, 0.4) is 0 Å². The minimum Gasteiger partial charge on any atom is -0.504 e. The van der Waals surface area contributed by atoms with Crippen molar-refractivity contribution in [2.24, 2.45) is 0 Å². The number of hydrogen-bond acceptors (Lipinski definition) is 4. The van der Waals surface area contributed by atoms with Crippen molar-refractivity contribution in [1.29, 1.82) is 0 Å². The van der Waals surface area contributed by atoms with Gasteiger partial charge in [0, 0.05) is 16.2 Å². The van der Waals surface area contributed by atoms with Crippen LogP contribution in [0.5, 0.6) is 17.2 Å². The van der Waals surface area contributed by atoms with Crippen LogP contribution in [0.15, 0.2) is 36.4 Å². The molecule has 3 aromatic carbocycles. The Balaban J connectivity index is 2.40. The molecular formula is C20H23NO3. The summed E-state index contributed by atoms with van der Waals surface area (Å²) >= 11 is 0. The predicted octanol–water partition coefficient (Wildman–Crippen LogP) is 3.87. The molecule has 0 aromatic heterocycles. The number of benzene rings is 3. The van der Waals surface area contributed by atoms with E-state index in [4.69, 9.17) is 9.47 Å². The highest BCUT2D eigenvalue weighted by Gasteiger charge is 2.15. The summed E-state index contributed by atoms with van der Waals surface area (Å²) < 4.78 is 11.1. The summed E-state index contributed by atoms with van der Waals surface area (Å²) in [6, 6.07) is 12.0. The van der Waals surface area contributed by atoms with Crippen molar-refractivity contribution in [2.45, 2.75) is 13.3 Å². The number of methoxy groups -OCH3 is 1. The zero-order chi connectivity index (χ0) is 17.1. The lowest BCUT2D eigenvalue weighted by molar-refractivity contribution is 0.344. The Morgan fingerprint density at radius 2 is 1.75 bits per heavy atom. The molecule has 126 valence electrons. The normalized spacial score (nSPS) is 11.1. The van der Waals surface area contributed by atoms with Crippen molar-refractivity contribution >= 4 is 21.5 Å². The van der Waals surface area contributed by atoms with Gasteiger partial charge in [-0.05, 0) is 50.0 Å². The van der Waals surface area contributed by atoms with Gasteiger partial charge in [-0.15, -0.1) is 0 Å². The van der Waals surface area contributed by atoms with Gasteiger partial charge in [0.1, 0.15) is 5.75 Å². The molecule has 0 amide bonds. The Labute approximate surface area is 142 Å². The Morgan fingerprint density at radius 3 is 2.46 bits per heavy atom. The maximum absolute atomic E-state index is 10.7. The lowest BCUT2D eigenvalue weighted by Gasteiger charge is -2.16.